The maximum atomic E-state index is 10.6. The van der Waals surface area contributed by atoms with Gasteiger partial charge in [-0.2, -0.15) is 5.10 Å². The molecule has 5 nitrogen and oxygen atoms in total. The first-order valence-electron chi connectivity index (χ1n) is 4.39. The molecule has 1 aliphatic heterocycles. The standard InChI is InChI=1S/C8H9N3O2/c12-11(13)7-4-9-10-5-8(1-2-8)3-6(7)10/h4H,1-3,5H2. The Kier molecular flexibility index (Phi) is 1.04. The van der Waals surface area contributed by atoms with Gasteiger partial charge in [-0.25, -0.2) is 0 Å². The fourth-order valence-corrected chi connectivity index (χ4v) is 2.11. The van der Waals surface area contributed by atoms with Gasteiger partial charge in [-0.05, 0) is 18.3 Å². The van der Waals surface area contributed by atoms with Crippen LogP contribution in [0.4, 0.5) is 5.69 Å². The van der Waals surface area contributed by atoms with Gasteiger partial charge in [0.05, 0.1) is 4.92 Å². The van der Waals surface area contributed by atoms with Crippen LogP contribution >= 0.6 is 0 Å². The minimum Gasteiger partial charge on any atom is -0.262 e. The van der Waals surface area contributed by atoms with Gasteiger partial charge >= 0.3 is 5.69 Å². The number of nitrogens with zero attached hydrogens (tertiary/aromatic N) is 3. The zero-order chi connectivity index (χ0) is 9.05. The second kappa shape index (κ2) is 1.92. The quantitative estimate of drug-likeness (QED) is 0.479. The lowest BCUT2D eigenvalue weighted by Gasteiger charge is -1.99. The fraction of sp³-hybridized carbons (Fsp3) is 0.625. The highest BCUT2D eigenvalue weighted by atomic mass is 16.6. The molecule has 1 saturated carbocycles. The molecule has 3 rings (SSSR count). The Balaban J connectivity index is 2.05. The molecule has 0 atom stereocenters. The summed E-state index contributed by atoms with van der Waals surface area (Å²) in [5.41, 5.74) is 1.38. The minimum absolute atomic E-state index is 0.198. The third-order valence-electron chi connectivity index (χ3n) is 3.11. The lowest BCUT2D eigenvalue weighted by molar-refractivity contribution is -0.385. The Labute approximate surface area is 74.5 Å². The average molecular weight is 179 g/mol. The number of hydrogen-bond acceptors (Lipinski definition) is 3. The van der Waals surface area contributed by atoms with Crippen molar-refractivity contribution in [3.8, 4) is 0 Å². The van der Waals surface area contributed by atoms with Crippen LogP contribution in [0.1, 0.15) is 18.5 Å². The molecular formula is C8H9N3O2. The largest absolute Gasteiger partial charge is 0.310 e. The maximum Gasteiger partial charge on any atom is 0.310 e. The van der Waals surface area contributed by atoms with Gasteiger partial charge < -0.3 is 0 Å². The van der Waals surface area contributed by atoms with Crippen molar-refractivity contribution in [2.45, 2.75) is 25.8 Å². The fourth-order valence-electron chi connectivity index (χ4n) is 2.11. The molecule has 2 aliphatic rings. The Morgan fingerprint density at radius 3 is 3.00 bits per heavy atom. The van der Waals surface area contributed by atoms with Crippen LogP contribution in [-0.4, -0.2) is 14.7 Å². The molecular weight excluding hydrogens is 170 g/mol. The van der Waals surface area contributed by atoms with E-state index in [9.17, 15) is 10.1 Å². The van der Waals surface area contributed by atoms with Crippen LogP contribution < -0.4 is 0 Å². The van der Waals surface area contributed by atoms with Crippen molar-refractivity contribution in [1.29, 1.82) is 0 Å². The van der Waals surface area contributed by atoms with Crippen molar-refractivity contribution in [3.63, 3.8) is 0 Å². The summed E-state index contributed by atoms with van der Waals surface area (Å²) >= 11 is 0. The van der Waals surface area contributed by atoms with Gasteiger partial charge in [-0.3, -0.25) is 14.8 Å². The summed E-state index contributed by atoms with van der Waals surface area (Å²) in [6.07, 6.45) is 4.62. The van der Waals surface area contributed by atoms with E-state index in [0.29, 0.717) is 5.41 Å². The lowest BCUT2D eigenvalue weighted by atomic mass is 10.0. The first-order valence-corrected chi connectivity index (χ1v) is 4.39. The number of nitro groups is 1. The van der Waals surface area contributed by atoms with Crippen molar-refractivity contribution >= 4 is 5.69 Å². The van der Waals surface area contributed by atoms with Crippen LogP contribution in [0.3, 0.4) is 0 Å². The maximum absolute atomic E-state index is 10.6. The van der Waals surface area contributed by atoms with E-state index in [1.165, 1.54) is 19.0 Å². The number of aromatic nitrogens is 2. The summed E-state index contributed by atoms with van der Waals surface area (Å²) < 4.78 is 1.80. The minimum atomic E-state index is -0.333. The van der Waals surface area contributed by atoms with Gasteiger partial charge in [0.1, 0.15) is 11.9 Å². The topological polar surface area (TPSA) is 61.0 Å². The van der Waals surface area contributed by atoms with Gasteiger partial charge in [-0.1, -0.05) is 0 Å². The normalized spacial score (nSPS) is 21.8. The molecule has 2 heterocycles. The molecule has 13 heavy (non-hydrogen) atoms. The van der Waals surface area contributed by atoms with Gasteiger partial charge in [0, 0.05) is 13.0 Å². The van der Waals surface area contributed by atoms with E-state index in [0.717, 1.165) is 18.7 Å². The SMILES string of the molecule is O=[N+]([O-])c1cnn2c1CC1(CC1)C2. The molecule has 1 aromatic heterocycles. The van der Waals surface area contributed by atoms with Crippen molar-refractivity contribution in [2.24, 2.45) is 5.41 Å². The molecule has 0 amide bonds. The van der Waals surface area contributed by atoms with Crippen LogP contribution in [0.2, 0.25) is 0 Å². The summed E-state index contributed by atoms with van der Waals surface area (Å²) in [6, 6.07) is 0. The first-order chi connectivity index (χ1) is 6.20. The summed E-state index contributed by atoms with van der Waals surface area (Å²) in [5, 5.41) is 14.6. The summed E-state index contributed by atoms with van der Waals surface area (Å²) in [4.78, 5) is 10.3. The first kappa shape index (κ1) is 7.06. The van der Waals surface area contributed by atoms with Crippen molar-refractivity contribution in [2.75, 3.05) is 0 Å². The number of rotatable bonds is 1. The Morgan fingerprint density at radius 1 is 1.62 bits per heavy atom. The predicted octanol–water partition coefficient (Wildman–Crippen LogP) is 1.13. The smallest absolute Gasteiger partial charge is 0.262 e. The predicted molar refractivity (Wildman–Crippen MR) is 44.3 cm³/mol. The van der Waals surface area contributed by atoms with Gasteiger partial charge in [0.15, 0.2) is 0 Å². The van der Waals surface area contributed by atoms with Crippen LogP contribution in [0.25, 0.3) is 0 Å². The Bertz CT molecular complexity index is 392. The zero-order valence-corrected chi connectivity index (χ0v) is 7.06. The van der Waals surface area contributed by atoms with Crippen LogP contribution in [-0.2, 0) is 13.0 Å². The second-order valence-electron chi connectivity index (χ2n) is 4.07. The van der Waals surface area contributed by atoms with Crippen LogP contribution in [0.5, 0.6) is 0 Å². The highest BCUT2D eigenvalue weighted by molar-refractivity contribution is 5.37. The average Bonchev–Trinajstić information content (AvgIpc) is 2.49. The molecule has 68 valence electrons. The van der Waals surface area contributed by atoms with Gasteiger partial charge in [0.2, 0.25) is 0 Å². The molecule has 1 aliphatic carbocycles. The van der Waals surface area contributed by atoms with E-state index in [1.54, 1.807) is 4.68 Å². The number of fused-ring (bicyclic) bond motifs is 1. The molecule has 0 saturated heterocycles. The molecule has 1 aromatic rings. The third kappa shape index (κ3) is 0.839. The van der Waals surface area contributed by atoms with Gasteiger partial charge in [0.25, 0.3) is 0 Å². The Hall–Kier alpha value is -1.39. The molecule has 0 radical (unpaired) electrons. The van der Waals surface area contributed by atoms with Crippen LogP contribution in [0, 0.1) is 15.5 Å². The van der Waals surface area contributed by atoms with Gasteiger partial charge in [-0.15, -0.1) is 0 Å². The van der Waals surface area contributed by atoms with E-state index in [2.05, 4.69) is 5.10 Å². The highest BCUT2D eigenvalue weighted by Crippen LogP contribution is 2.54. The van der Waals surface area contributed by atoms with Crippen LogP contribution in [0.15, 0.2) is 6.20 Å². The van der Waals surface area contributed by atoms with E-state index < -0.39 is 0 Å². The summed E-state index contributed by atoms with van der Waals surface area (Å²) in [6.45, 7) is 0.885. The van der Waals surface area contributed by atoms with E-state index >= 15 is 0 Å². The molecule has 1 spiro atoms. The lowest BCUT2D eigenvalue weighted by Crippen LogP contribution is -2.02. The zero-order valence-electron chi connectivity index (χ0n) is 7.06. The van der Waals surface area contributed by atoms with Crippen molar-refractivity contribution < 1.29 is 4.92 Å². The third-order valence-corrected chi connectivity index (χ3v) is 3.11. The molecule has 0 N–H and O–H groups in total. The molecule has 5 heteroatoms. The molecule has 1 fully saturated rings. The van der Waals surface area contributed by atoms with E-state index in [4.69, 9.17) is 0 Å². The van der Waals surface area contributed by atoms with Crippen molar-refractivity contribution in [1.82, 2.24) is 9.78 Å². The van der Waals surface area contributed by atoms with Crippen molar-refractivity contribution in [3.05, 3.63) is 22.0 Å². The molecule has 0 bridgehead atoms. The summed E-state index contributed by atoms with van der Waals surface area (Å²) in [7, 11) is 0. The summed E-state index contributed by atoms with van der Waals surface area (Å²) in [5.74, 6) is 0. The highest BCUT2D eigenvalue weighted by Gasteiger charge is 2.50. The molecule has 0 aromatic carbocycles. The van der Waals surface area contributed by atoms with E-state index in [-0.39, 0.29) is 10.6 Å². The Morgan fingerprint density at radius 2 is 2.38 bits per heavy atom. The monoisotopic (exact) mass is 179 g/mol. The number of hydrogen-bond donors (Lipinski definition) is 0. The second-order valence-corrected chi connectivity index (χ2v) is 4.07. The van der Waals surface area contributed by atoms with E-state index in [1.807, 2.05) is 0 Å². The molecule has 0 unspecified atom stereocenters.